The quantitative estimate of drug-likeness (QED) is 0.666. The van der Waals surface area contributed by atoms with Crippen LogP contribution in [0.15, 0.2) is 18.5 Å². The van der Waals surface area contributed by atoms with E-state index in [1.165, 1.54) is 12.3 Å². The lowest BCUT2D eigenvalue weighted by Crippen LogP contribution is -2.26. The SMILES string of the molecule is CCNCCNCc1cncc(F)c1. The van der Waals surface area contributed by atoms with Gasteiger partial charge in [-0.15, -0.1) is 0 Å². The third kappa shape index (κ3) is 4.30. The minimum Gasteiger partial charge on any atom is -0.316 e. The lowest BCUT2D eigenvalue weighted by Gasteiger charge is -2.04. The van der Waals surface area contributed by atoms with Gasteiger partial charge in [0.1, 0.15) is 5.82 Å². The van der Waals surface area contributed by atoms with Crippen LogP contribution in [-0.2, 0) is 6.54 Å². The Morgan fingerprint density at radius 2 is 2.07 bits per heavy atom. The van der Waals surface area contributed by atoms with Gasteiger partial charge in [-0.1, -0.05) is 6.92 Å². The molecule has 0 atom stereocenters. The van der Waals surface area contributed by atoms with Crippen LogP contribution in [0.4, 0.5) is 4.39 Å². The summed E-state index contributed by atoms with van der Waals surface area (Å²) in [5.41, 5.74) is 0.876. The van der Waals surface area contributed by atoms with Crippen LogP contribution in [0.5, 0.6) is 0 Å². The molecule has 0 aromatic carbocycles. The van der Waals surface area contributed by atoms with E-state index in [4.69, 9.17) is 0 Å². The highest BCUT2D eigenvalue weighted by Crippen LogP contribution is 1.99. The topological polar surface area (TPSA) is 37.0 Å². The summed E-state index contributed by atoms with van der Waals surface area (Å²) in [6.07, 6.45) is 2.88. The second-order valence-electron chi connectivity index (χ2n) is 3.04. The Labute approximate surface area is 83.7 Å². The molecule has 1 aromatic heterocycles. The van der Waals surface area contributed by atoms with Gasteiger partial charge in [0.25, 0.3) is 0 Å². The zero-order chi connectivity index (χ0) is 10.2. The molecule has 0 aliphatic heterocycles. The van der Waals surface area contributed by atoms with E-state index < -0.39 is 0 Å². The van der Waals surface area contributed by atoms with Gasteiger partial charge in [-0.3, -0.25) is 4.98 Å². The van der Waals surface area contributed by atoms with E-state index in [-0.39, 0.29) is 5.82 Å². The molecule has 4 heteroatoms. The molecule has 0 spiro atoms. The summed E-state index contributed by atoms with van der Waals surface area (Å²) in [6.45, 7) is 5.51. The summed E-state index contributed by atoms with van der Waals surface area (Å²) in [6, 6.07) is 1.49. The third-order valence-electron chi connectivity index (χ3n) is 1.82. The fraction of sp³-hybridized carbons (Fsp3) is 0.500. The first-order valence-corrected chi connectivity index (χ1v) is 4.83. The van der Waals surface area contributed by atoms with Crippen molar-refractivity contribution in [2.24, 2.45) is 0 Å². The number of nitrogens with zero attached hydrogens (tertiary/aromatic N) is 1. The van der Waals surface area contributed by atoms with Crippen molar-refractivity contribution in [3.8, 4) is 0 Å². The van der Waals surface area contributed by atoms with Gasteiger partial charge in [-0.05, 0) is 18.2 Å². The van der Waals surface area contributed by atoms with Gasteiger partial charge in [0.2, 0.25) is 0 Å². The zero-order valence-electron chi connectivity index (χ0n) is 8.39. The molecule has 0 amide bonds. The molecule has 0 fully saturated rings. The number of rotatable bonds is 6. The molecule has 0 saturated heterocycles. The summed E-state index contributed by atoms with van der Waals surface area (Å²) >= 11 is 0. The average molecular weight is 197 g/mol. The van der Waals surface area contributed by atoms with Crippen molar-refractivity contribution in [1.29, 1.82) is 0 Å². The first-order valence-electron chi connectivity index (χ1n) is 4.83. The minimum absolute atomic E-state index is 0.281. The van der Waals surface area contributed by atoms with Gasteiger partial charge in [0, 0.05) is 25.8 Å². The Balaban J connectivity index is 2.18. The van der Waals surface area contributed by atoms with Gasteiger partial charge in [-0.2, -0.15) is 0 Å². The number of nitrogens with one attached hydrogen (secondary N) is 2. The summed E-state index contributed by atoms with van der Waals surface area (Å²) in [5.74, 6) is -0.281. The molecule has 3 nitrogen and oxygen atoms in total. The molecule has 0 aliphatic carbocycles. The highest BCUT2D eigenvalue weighted by atomic mass is 19.1. The van der Waals surface area contributed by atoms with Crippen molar-refractivity contribution < 1.29 is 4.39 Å². The van der Waals surface area contributed by atoms with Crippen LogP contribution < -0.4 is 10.6 Å². The Morgan fingerprint density at radius 1 is 1.29 bits per heavy atom. The van der Waals surface area contributed by atoms with E-state index in [2.05, 4.69) is 22.5 Å². The maximum absolute atomic E-state index is 12.7. The number of hydrogen-bond acceptors (Lipinski definition) is 3. The molecule has 1 aromatic rings. The maximum Gasteiger partial charge on any atom is 0.141 e. The van der Waals surface area contributed by atoms with Crippen LogP contribution >= 0.6 is 0 Å². The molecule has 78 valence electrons. The van der Waals surface area contributed by atoms with Crippen LogP contribution in [0.3, 0.4) is 0 Å². The first kappa shape index (κ1) is 11.1. The number of aromatic nitrogens is 1. The zero-order valence-corrected chi connectivity index (χ0v) is 8.39. The van der Waals surface area contributed by atoms with Crippen LogP contribution in [-0.4, -0.2) is 24.6 Å². The predicted molar refractivity (Wildman–Crippen MR) is 54.4 cm³/mol. The van der Waals surface area contributed by atoms with E-state index >= 15 is 0 Å². The Morgan fingerprint density at radius 3 is 2.79 bits per heavy atom. The highest BCUT2D eigenvalue weighted by Gasteiger charge is 1.94. The van der Waals surface area contributed by atoms with Crippen LogP contribution in [0.25, 0.3) is 0 Å². The fourth-order valence-electron chi connectivity index (χ4n) is 1.14. The van der Waals surface area contributed by atoms with Crippen molar-refractivity contribution in [2.45, 2.75) is 13.5 Å². The van der Waals surface area contributed by atoms with E-state index in [1.54, 1.807) is 6.20 Å². The Hall–Kier alpha value is -1.00. The number of hydrogen-bond donors (Lipinski definition) is 2. The molecule has 1 rings (SSSR count). The van der Waals surface area contributed by atoms with Gasteiger partial charge >= 0.3 is 0 Å². The monoisotopic (exact) mass is 197 g/mol. The molecule has 0 aliphatic rings. The van der Waals surface area contributed by atoms with E-state index in [9.17, 15) is 4.39 Å². The van der Waals surface area contributed by atoms with E-state index in [1.807, 2.05) is 0 Å². The molecule has 1 heterocycles. The van der Waals surface area contributed by atoms with Gasteiger partial charge in [0.15, 0.2) is 0 Å². The molecule has 0 radical (unpaired) electrons. The molecule has 2 N–H and O–H groups in total. The predicted octanol–water partition coefficient (Wildman–Crippen LogP) is 0.920. The average Bonchev–Trinajstić information content (AvgIpc) is 2.18. The normalized spacial score (nSPS) is 10.4. The number of pyridine rings is 1. The molecule has 0 bridgehead atoms. The van der Waals surface area contributed by atoms with E-state index in [0.29, 0.717) is 6.54 Å². The second-order valence-corrected chi connectivity index (χ2v) is 3.04. The molecular formula is C10H16FN3. The van der Waals surface area contributed by atoms with Crippen molar-refractivity contribution in [1.82, 2.24) is 15.6 Å². The largest absolute Gasteiger partial charge is 0.316 e. The lowest BCUT2D eigenvalue weighted by molar-refractivity contribution is 0.604. The van der Waals surface area contributed by atoms with Gasteiger partial charge in [-0.25, -0.2) is 4.39 Å². The standard InChI is InChI=1S/C10H16FN3/c1-2-12-3-4-13-6-9-5-10(11)8-14-7-9/h5,7-8,12-13H,2-4,6H2,1H3. The maximum atomic E-state index is 12.7. The summed E-state index contributed by atoms with van der Waals surface area (Å²) in [5, 5.41) is 6.39. The van der Waals surface area contributed by atoms with Crippen molar-refractivity contribution in [2.75, 3.05) is 19.6 Å². The summed E-state index contributed by atoms with van der Waals surface area (Å²) in [7, 11) is 0. The smallest absolute Gasteiger partial charge is 0.141 e. The molecule has 0 unspecified atom stereocenters. The lowest BCUT2D eigenvalue weighted by atomic mass is 10.3. The van der Waals surface area contributed by atoms with Crippen molar-refractivity contribution in [3.05, 3.63) is 29.8 Å². The molecular weight excluding hydrogens is 181 g/mol. The van der Waals surface area contributed by atoms with Crippen LogP contribution in [0.1, 0.15) is 12.5 Å². The van der Waals surface area contributed by atoms with Gasteiger partial charge in [0.05, 0.1) is 6.20 Å². The number of likely N-dealkylation sites (N-methyl/N-ethyl adjacent to an activating group) is 1. The summed E-state index contributed by atoms with van der Waals surface area (Å²) in [4.78, 5) is 3.77. The second kappa shape index (κ2) is 6.45. The van der Waals surface area contributed by atoms with Gasteiger partial charge < -0.3 is 10.6 Å². The highest BCUT2D eigenvalue weighted by molar-refractivity contribution is 5.09. The third-order valence-corrected chi connectivity index (χ3v) is 1.82. The van der Waals surface area contributed by atoms with E-state index in [0.717, 1.165) is 25.2 Å². The fourth-order valence-corrected chi connectivity index (χ4v) is 1.14. The van der Waals surface area contributed by atoms with Crippen LogP contribution in [0, 0.1) is 5.82 Å². The Kier molecular flexibility index (Phi) is 5.11. The number of halogens is 1. The van der Waals surface area contributed by atoms with Crippen molar-refractivity contribution >= 4 is 0 Å². The summed E-state index contributed by atoms with van der Waals surface area (Å²) < 4.78 is 12.7. The Bertz CT molecular complexity index is 265. The first-order chi connectivity index (χ1) is 6.83. The van der Waals surface area contributed by atoms with Crippen LogP contribution in [0.2, 0.25) is 0 Å². The molecule has 0 saturated carbocycles. The molecule has 14 heavy (non-hydrogen) atoms. The van der Waals surface area contributed by atoms with Crippen molar-refractivity contribution in [3.63, 3.8) is 0 Å². The minimum atomic E-state index is -0.281.